The summed E-state index contributed by atoms with van der Waals surface area (Å²) >= 11 is 21.7. The lowest BCUT2D eigenvalue weighted by atomic mass is 9.78. The molecule has 1 saturated carbocycles. The predicted molar refractivity (Wildman–Crippen MR) is 93.5 cm³/mol. The molecule has 27 heavy (non-hydrogen) atoms. The zero-order valence-corrected chi connectivity index (χ0v) is 16.7. The Morgan fingerprint density at radius 2 is 1.44 bits per heavy atom. The van der Waals surface area contributed by atoms with E-state index in [2.05, 4.69) is 4.74 Å². The highest BCUT2D eigenvalue weighted by Crippen LogP contribution is 2.44. The first-order valence-electron chi connectivity index (χ1n) is 8.00. The molecule has 2 aliphatic carbocycles. The predicted octanol–water partition coefficient (Wildman–Crippen LogP) is 4.35. The van der Waals surface area contributed by atoms with E-state index >= 15 is 0 Å². The zero-order valence-electron chi connectivity index (χ0n) is 13.7. The number of carbonyl (C=O) groups is 4. The number of rotatable bonds is 2. The van der Waals surface area contributed by atoms with Gasteiger partial charge in [0.2, 0.25) is 10.5 Å². The van der Waals surface area contributed by atoms with E-state index in [1.807, 2.05) is 0 Å². The molecule has 0 aromatic rings. The fraction of sp³-hybridized carbons (Fsp3) is 0.625. The Hall–Kier alpha value is -0.760. The first-order chi connectivity index (χ1) is 12.5. The molecular weight excluding hydrogens is 452 g/mol. The SMILES string of the molecule is O=C(Cl)C1CCCC(F)(F)C1C(=O)Cl.O=C1OC(=O)C2CC(Cl)=C(Cl)CC12. The monoisotopic (exact) mass is 464 g/mol. The van der Waals surface area contributed by atoms with Crippen molar-refractivity contribution in [1.82, 2.24) is 0 Å². The maximum absolute atomic E-state index is 13.2. The third-order valence-electron chi connectivity index (χ3n) is 4.80. The summed E-state index contributed by atoms with van der Waals surface area (Å²) in [5.41, 5.74) is 0. The minimum absolute atomic E-state index is 0.177. The van der Waals surface area contributed by atoms with Gasteiger partial charge in [0.25, 0.3) is 5.92 Å². The van der Waals surface area contributed by atoms with Crippen LogP contribution in [0, 0.1) is 23.7 Å². The van der Waals surface area contributed by atoms with Gasteiger partial charge in [-0.2, -0.15) is 0 Å². The van der Waals surface area contributed by atoms with Crippen molar-refractivity contribution in [2.45, 2.75) is 38.0 Å². The van der Waals surface area contributed by atoms with Crippen molar-refractivity contribution in [3.63, 3.8) is 0 Å². The second-order valence-corrected chi connectivity index (χ2v) is 8.17. The molecule has 1 heterocycles. The summed E-state index contributed by atoms with van der Waals surface area (Å²) in [5.74, 6) is -7.90. The number of carbonyl (C=O) groups excluding carboxylic acids is 4. The molecule has 0 aromatic heterocycles. The van der Waals surface area contributed by atoms with Crippen LogP contribution in [0.2, 0.25) is 0 Å². The van der Waals surface area contributed by atoms with Gasteiger partial charge in [0.15, 0.2) is 0 Å². The van der Waals surface area contributed by atoms with Crippen LogP contribution >= 0.6 is 46.4 Å². The first-order valence-corrected chi connectivity index (χ1v) is 9.52. The number of ether oxygens (including phenoxy) is 1. The van der Waals surface area contributed by atoms with Crippen LogP contribution in [-0.4, -0.2) is 28.3 Å². The normalized spacial score (nSPS) is 32.2. The van der Waals surface area contributed by atoms with Crippen LogP contribution in [0.4, 0.5) is 8.78 Å². The topological polar surface area (TPSA) is 77.5 Å². The Kier molecular flexibility index (Phi) is 7.28. The van der Waals surface area contributed by atoms with Gasteiger partial charge in [-0.15, -0.1) is 0 Å². The van der Waals surface area contributed by atoms with Gasteiger partial charge in [-0.05, 0) is 48.9 Å². The molecule has 0 amide bonds. The van der Waals surface area contributed by atoms with E-state index in [4.69, 9.17) is 46.4 Å². The zero-order chi connectivity index (χ0) is 20.5. The van der Waals surface area contributed by atoms with Crippen LogP contribution in [0.1, 0.15) is 32.1 Å². The van der Waals surface area contributed by atoms with E-state index in [9.17, 15) is 28.0 Å². The smallest absolute Gasteiger partial charge is 0.317 e. The van der Waals surface area contributed by atoms with Crippen LogP contribution in [-0.2, 0) is 23.9 Å². The van der Waals surface area contributed by atoms with E-state index in [0.717, 1.165) is 0 Å². The third-order valence-corrected chi connectivity index (χ3v) is 6.18. The Balaban J connectivity index is 0.000000194. The lowest BCUT2D eigenvalue weighted by molar-refractivity contribution is -0.153. The summed E-state index contributed by atoms with van der Waals surface area (Å²) in [4.78, 5) is 43.8. The van der Waals surface area contributed by atoms with Crippen molar-refractivity contribution in [1.29, 1.82) is 0 Å². The highest BCUT2D eigenvalue weighted by Gasteiger charge is 2.52. The van der Waals surface area contributed by atoms with Gasteiger partial charge in [-0.25, -0.2) is 8.78 Å². The van der Waals surface area contributed by atoms with E-state index in [-0.39, 0.29) is 12.8 Å². The van der Waals surface area contributed by atoms with Gasteiger partial charge in [-0.1, -0.05) is 23.2 Å². The molecule has 0 bridgehead atoms. The molecular formula is C16H14Cl4F2O5. The average molecular weight is 466 g/mol. The summed E-state index contributed by atoms with van der Waals surface area (Å²) in [5, 5.41) is -1.17. The number of halogens is 6. The van der Waals surface area contributed by atoms with Gasteiger partial charge in [0, 0.05) is 22.4 Å². The molecule has 4 atom stereocenters. The molecule has 0 spiro atoms. The second kappa shape index (κ2) is 8.72. The maximum atomic E-state index is 13.2. The number of cyclic esters (lactones) is 2. The molecule has 3 aliphatic rings. The first kappa shape index (κ1) is 22.5. The third kappa shape index (κ3) is 5.00. The summed E-state index contributed by atoms with van der Waals surface area (Å²) in [7, 11) is 0. The molecule has 5 nitrogen and oxygen atoms in total. The number of hydrogen-bond acceptors (Lipinski definition) is 5. The number of fused-ring (bicyclic) bond motifs is 1. The molecule has 1 saturated heterocycles. The van der Waals surface area contributed by atoms with Gasteiger partial charge in [-0.3, -0.25) is 19.2 Å². The Labute approximate surface area is 173 Å². The van der Waals surface area contributed by atoms with Crippen LogP contribution in [0.3, 0.4) is 0 Å². The number of alkyl halides is 2. The van der Waals surface area contributed by atoms with Gasteiger partial charge in [0.05, 0.1) is 11.8 Å². The summed E-state index contributed by atoms with van der Waals surface area (Å²) < 4.78 is 30.9. The van der Waals surface area contributed by atoms with Crippen molar-refractivity contribution >= 4 is 68.8 Å². The standard InChI is InChI=1S/C8H8Cl2F2O2.C8H6Cl2O3/c9-6(13)4-2-1-3-8(11,12)5(4)7(10)14;9-5-1-3-4(2-6(5)10)8(12)13-7(3)11/h4-5H,1-3H2;3-4H,1-2H2. The Bertz CT molecular complexity index is 679. The molecule has 0 N–H and O–H groups in total. The molecule has 150 valence electrons. The van der Waals surface area contributed by atoms with E-state index < -0.39 is 58.4 Å². The quantitative estimate of drug-likeness (QED) is 0.344. The lowest BCUT2D eigenvalue weighted by Crippen LogP contribution is -2.43. The number of esters is 2. The Morgan fingerprint density at radius 3 is 1.81 bits per heavy atom. The average Bonchev–Trinajstić information content (AvgIpc) is 2.81. The second-order valence-electron chi connectivity index (χ2n) is 6.52. The highest BCUT2D eigenvalue weighted by atomic mass is 35.5. The van der Waals surface area contributed by atoms with Crippen LogP contribution in [0.25, 0.3) is 0 Å². The van der Waals surface area contributed by atoms with Crippen molar-refractivity contribution in [2.24, 2.45) is 23.7 Å². The molecule has 3 rings (SSSR count). The molecule has 0 aromatic carbocycles. The van der Waals surface area contributed by atoms with E-state index in [1.165, 1.54) is 0 Å². The van der Waals surface area contributed by atoms with Gasteiger partial charge < -0.3 is 4.74 Å². The van der Waals surface area contributed by atoms with E-state index in [1.54, 1.807) is 0 Å². The van der Waals surface area contributed by atoms with Crippen molar-refractivity contribution in [3.8, 4) is 0 Å². The fourth-order valence-corrected chi connectivity index (χ4v) is 4.41. The molecule has 1 aliphatic heterocycles. The highest BCUT2D eigenvalue weighted by molar-refractivity contribution is 6.66. The van der Waals surface area contributed by atoms with Crippen LogP contribution in [0.5, 0.6) is 0 Å². The minimum Gasteiger partial charge on any atom is -0.393 e. The fourth-order valence-electron chi connectivity index (χ4n) is 3.38. The number of allylic oxidation sites excluding steroid dienone is 2. The maximum Gasteiger partial charge on any atom is 0.317 e. The summed E-state index contributed by atoms with van der Waals surface area (Å²) in [6.07, 6.45) is 0.611. The largest absolute Gasteiger partial charge is 0.393 e. The van der Waals surface area contributed by atoms with Gasteiger partial charge >= 0.3 is 11.9 Å². The molecule has 11 heteroatoms. The van der Waals surface area contributed by atoms with Gasteiger partial charge in [0.1, 0.15) is 5.92 Å². The number of hydrogen-bond donors (Lipinski definition) is 0. The minimum atomic E-state index is -3.22. The van der Waals surface area contributed by atoms with Crippen LogP contribution < -0.4 is 0 Å². The molecule has 4 unspecified atom stereocenters. The van der Waals surface area contributed by atoms with Crippen molar-refractivity contribution < 1.29 is 32.7 Å². The molecule has 0 radical (unpaired) electrons. The Morgan fingerprint density at radius 1 is 0.963 bits per heavy atom. The summed E-state index contributed by atoms with van der Waals surface area (Å²) in [6.45, 7) is 0. The van der Waals surface area contributed by atoms with Crippen LogP contribution in [0.15, 0.2) is 10.1 Å². The van der Waals surface area contributed by atoms with E-state index in [0.29, 0.717) is 22.9 Å². The lowest BCUT2D eigenvalue weighted by Gasteiger charge is -2.33. The van der Waals surface area contributed by atoms with Crippen molar-refractivity contribution in [2.75, 3.05) is 0 Å². The van der Waals surface area contributed by atoms with Crippen molar-refractivity contribution in [3.05, 3.63) is 10.1 Å². The summed E-state index contributed by atoms with van der Waals surface area (Å²) in [6, 6.07) is 0. The molecule has 2 fully saturated rings.